The normalized spacial score (nSPS) is 13.0. The fourth-order valence-electron chi connectivity index (χ4n) is 2.12. The zero-order chi connectivity index (χ0) is 15.1. The lowest BCUT2D eigenvalue weighted by Crippen LogP contribution is -2.26. The van der Waals surface area contributed by atoms with Crippen LogP contribution in [0.5, 0.6) is 0 Å². The summed E-state index contributed by atoms with van der Waals surface area (Å²) < 4.78 is 1.93. The molecule has 0 spiro atoms. The van der Waals surface area contributed by atoms with Gasteiger partial charge in [-0.3, -0.25) is 9.58 Å². The van der Waals surface area contributed by atoms with Gasteiger partial charge in [-0.15, -0.1) is 16.4 Å². The van der Waals surface area contributed by atoms with Crippen molar-refractivity contribution < 1.29 is 0 Å². The highest BCUT2D eigenvalue weighted by Crippen LogP contribution is 2.22. The van der Waals surface area contributed by atoms with Crippen molar-refractivity contribution in [3.8, 4) is 0 Å². The Morgan fingerprint density at radius 3 is 3.05 bits per heavy atom. The van der Waals surface area contributed by atoms with Crippen molar-refractivity contribution in [2.45, 2.75) is 39.4 Å². The third-order valence-corrected chi connectivity index (χ3v) is 4.66. The Bertz CT molecular complexity index is 508. The molecule has 21 heavy (non-hydrogen) atoms. The van der Waals surface area contributed by atoms with Gasteiger partial charge in [-0.25, -0.2) is 0 Å². The molecule has 0 fully saturated rings. The highest BCUT2D eigenvalue weighted by molar-refractivity contribution is 7.10. The molecule has 5 nitrogen and oxygen atoms in total. The maximum atomic E-state index is 4.19. The van der Waals surface area contributed by atoms with Crippen LogP contribution in [0.25, 0.3) is 0 Å². The zero-order valence-corrected chi connectivity index (χ0v) is 13.9. The van der Waals surface area contributed by atoms with E-state index in [0.29, 0.717) is 6.04 Å². The van der Waals surface area contributed by atoms with E-state index in [0.717, 1.165) is 38.3 Å². The lowest BCUT2D eigenvalue weighted by molar-refractivity contribution is 0.249. The first-order valence-electron chi connectivity index (χ1n) is 7.54. The fraction of sp³-hybridized carbons (Fsp3) is 0.600. The number of rotatable bonds is 9. The summed E-state index contributed by atoms with van der Waals surface area (Å²) in [6.07, 6.45) is 3.17. The van der Waals surface area contributed by atoms with Crippen molar-refractivity contribution in [1.29, 1.82) is 0 Å². The molecule has 0 saturated heterocycles. The van der Waals surface area contributed by atoms with Crippen LogP contribution in [-0.2, 0) is 13.1 Å². The van der Waals surface area contributed by atoms with E-state index in [1.165, 1.54) is 4.88 Å². The molecule has 1 unspecified atom stereocenters. The molecule has 2 heterocycles. The summed E-state index contributed by atoms with van der Waals surface area (Å²) in [5.74, 6) is 0. The minimum Gasteiger partial charge on any atom is -0.311 e. The highest BCUT2D eigenvalue weighted by Gasteiger charge is 2.12. The Morgan fingerprint density at radius 1 is 1.48 bits per heavy atom. The Morgan fingerprint density at radius 2 is 2.33 bits per heavy atom. The first kappa shape index (κ1) is 16.1. The van der Waals surface area contributed by atoms with Gasteiger partial charge in [0.25, 0.3) is 0 Å². The van der Waals surface area contributed by atoms with Crippen molar-refractivity contribution in [3.05, 3.63) is 34.3 Å². The highest BCUT2D eigenvalue weighted by atomic mass is 32.1. The monoisotopic (exact) mass is 307 g/mol. The third kappa shape index (κ3) is 4.91. The molecule has 0 radical (unpaired) electrons. The summed E-state index contributed by atoms with van der Waals surface area (Å²) in [5.41, 5.74) is 1.01. The van der Waals surface area contributed by atoms with E-state index < -0.39 is 0 Å². The summed E-state index contributed by atoms with van der Waals surface area (Å²) in [6.45, 7) is 8.06. The number of aromatic nitrogens is 3. The molecular formula is C15H25N5S. The van der Waals surface area contributed by atoms with E-state index >= 15 is 0 Å². The van der Waals surface area contributed by atoms with Crippen LogP contribution < -0.4 is 5.32 Å². The molecule has 0 aliphatic rings. The summed E-state index contributed by atoms with van der Waals surface area (Å²) in [7, 11) is 2.16. The Hall–Kier alpha value is -1.24. The Kier molecular flexibility index (Phi) is 6.35. The second-order valence-corrected chi connectivity index (χ2v) is 6.30. The Balaban J connectivity index is 1.77. The molecule has 0 aliphatic carbocycles. The van der Waals surface area contributed by atoms with Crippen molar-refractivity contribution in [2.75, 3.05) is 20.1 Å². The van der Waals surface area contributed by atoms with E-state index in [1.54, 1.807) is 0 Å². The molecule has 0 bridgehead atoms. The van der Waals surface area contributed by atoms with Crippen LogP contribution >= 0.6 is 11.3 Å². The lowest BCUT2D eigenvalue weighted by Gasteiger charge is -2.23. The van der Waals surface area contributed by atoms with Gasteiger partial charge in [0.1, 0.15) is 0 Å². The van der Waals surface area contributed by atoms with Crippen molar-refractivity contribution >= 4 is 11.3 Å². The summed E-state index contributed by atoms with van der Waals surface area (Å²) in [6, 6.07) is 4.75. The van der Waals surface area contributed by atoms with E-state index in [9.17, 15) is 0 Å². The largest absolute Gasteiger partial charge is 0.311 e. The quantitative estimate of drug-likeness (QED) is 0.723. The number of thiophene rings is 1. The maximum absolute atomic E-state index is 4.19. The molecule has 2 aromatic heterocycles. The predicted molar refractivity (Wildman–Crippen MR) is 87.4 cm³/mol. The van der Waals surface area contributed by atoms with Crippen LogP contribution in [0.3, 0.4) is 0 Å². The summed E-state index contributed by atoms with van der Waals surface area (Å²) in [4.78, 5) is 3.75. The first-order chi connectivity index (χ1) is 10.2. The van der Waals surface area contributed by atoms with Gasteiger partial charge >= 0.3 is 0 Å². The third-order valence-electron chi connectivity index (χ3n) is 3.62. The average Bonchev–Trinajstić information content (AvgIpc) is 3.16. The smallest absolute Gasteiger partial charge is 0.0964 e. The van der Waals surface area contributed by atoms with Gasteiger partial charge in [0.05, 0.1) is 12.2 Å². The number of likely N-dealkylation sites (N-methyl/N-ethyl adjacent to an activating group) is 1. The van der Waals surface area contributed by atoms with Gasteiger partial charge in [-0.1, -0.05) is 18.2 Å². The molecule has 0 aromatic carbocycles. The fourth-order valence-corrected chi connectivity index (χ4v) is 2.97. The van der Waals surface area contributed by atoms with Gasteiger partial charge in [0.2, 0.25) is 0 Å². The molecular weight excluding hydrogens is 282 g/mol. The lowest BCUT2D eigenvalue weighted by atomic mass is 10.2. The zero-order valence-electron chi connectivity index (χ0n) is 13.1. The van der Waals surface area contributed by atoms with Crippen LogP contribution in [0, 0.1) is 0 Å². The van der Waals surface area contributed by atoms with Crippen molar-refractivity contribution in [2.24, 2.45) is 0 Å². The van der Waals surface area contributed by atoms with Gasteiger partial charge < -0.3 is 5.32 Å². The van der Waals surface area contributed by atoms with Gasteiger partial charge in [-0.05, 0) is 38.4 Å². The first-order valence-corrected chi connectivity index (χ1v) is 8.42. The molecule has 2 aromatic rings. The van der Waals surface area contributed by atoms with E-state index in [-0.39, 0.29) is 0 Å². The van der Waals surface area contributed by atoms with E-state index in [4.69, 9.17) is 0 Å². The van der Waals surface area contributed by atoms with Crippen LogP contribution in [0.15, 0.2) is 23.7 Å². The second kappa shape index (κ2) is 8.26. The number of nitrogens with one attached hydrogen (secondary N) is 1. The minimum absolute atomic E-state index is 0.444. The second-order valence-electron chi connectivity index (χ2n) is 5.32. The maximum Gasteiger partial charge on any atom is 0.0964 e. The number of nitrogens with zero attached hydrogens (tertiary/aromatic N) is 4. The van der Waals surface area contributed by atoms with E-state index in [2.05, 4.69) is 58.9 Å². The number of hydrogen-bond acceptors (Lipinski definition) is 5. The molecule has 1 atom stereocenters. The molecule has 1 N–H and O–H groups in total. The molecule has 0 saturated carbocycles. The summed E-state index contributed by atoms with van der Waals surface area (Å²) >= 11 is 1.81. The SMILES string of the molecule is CCCNCc1cn(CCN(C)C(C)c2cccs2)nn1. The van der Waals surface area contributed by atoms with Crippen LogP contribution in [0.2, 0.25) is 0 Å². The topological polar surface area (TPSA) is 46.0 Å². The van der Waals surface area contributed by atoms with E-state index in [1.807, 2.05) is 22.2 Å². The average molecular weight is 307 g/mol. The molecule has 116 valence electrons. The molecule has 2 rings (SSSR count). The van der Waals surface area contributed by atoms with Crippen molar-refractivity contribution in [1.82, 2.24) is 25.2 Å². The van der Waals surface area contributed by atoms with Crippen LogP contribution in [-0.4, -0.2) is 40.0 Å². The standard InChI is InChI=1S/C15H25N5S/c1-4-7-16-11-14-12-20(18-17-14)9-8-19(3)13(2)15-6-5-10-21-15/h5-6,10,12-13,16H,4,7-9,11H2,1-3H3. The van der Waals surface area contributed by atoms with Crippen LogP contribution in [0.4, 0.5) is 0 Å². The Labute approximate surface area is 131 Å². The van der Waals surface area contributed by atoms with Gasteiger partial charge in [-0.2, -0.15) is 0 Å². The molecule has 0 aliphatic heterocycles. The molecule has 6 heteroatoms. The predicted octanol–water partition coefficient (Wildman–Crippen LogP) is 2.53. The van der Waals surface area contributed by atoms with Gasteiger partial charge in [0, 0.05) is 30.2 Å². The number of hydrogen-bond donors (Lipinski definition) is 1. The van der Waals surface area contributed by atoms with Crippen molar-refractivity contribution in [3.63, 3.8) is 0 Å². The summed E-state index contributed by atoms with van der Waals surface area (Å²) in [5, 5.41) is 13.9. The minimum atomic E-state index is 0.444. The van der Waals surface area contributed by atoms with Gasteiger partial charge in [0.15, 0.2) is 0 Å². The van der Waals surface area contributed by atoms with Crippen LogP contribution in [0.1, 0.15) is 36.9 Å². The molecule has 0 amide bonds.